The summed E-state index contributed by atoms with van der Waals surface area (Å²) in [5, 5.41) is 2.50. The van der Waals surface area contributed by atoms with Crippen LogP contribution in [0.1, 0.15) is 10.4 Å². The number of nitrogens with two attached hydrogens (primary N) is 1. The van der Waals surface area contributed by atoms with E-state index in [1.807, 2.05) is 0 Å². The molecule has 0 radical (unpaired) electrons. The second-order valence-corrected chi connectivity index (χ2v) is 3.29. The monoisotopic (exact) mass is 248 g/mol. The summed E-state index contributed by atoms with van der Waals surface area (Å²) in [5.74, 6) is -1.65. The van der Waals surface area contributed by atoms with Crippen molar-refractivity contribution < 1.29 is 19.1 Å². The molecule has 0 aromatic heterocycles. The van der Waals surface area contributed by atoms with Crippen molar-refractivity contribution in [3.63, 3.8) is 0 Å². The minimum Gasteiger partial charge on any atom is -0.465 e. The topological polar surface area (TPSA) is 98.5 Å². The van der Waals surface area contributed by atoms with Crippen LogP contribution in [0.4, 0.5) is 5.69 Å². The van der Waals surface area contributed by atoms with E-state index in [1.54, 1.807) is 12.1 Å². The lowest BCUT2D eigenvalue weighted by atomic mass is 10.2. The van der Waals surface area contributed by atoms with Crippen LogP contribution in [-0.2, 0) is 14.3 Å². The molecule has 1 aromatic carbocycles. The number of hydrogen-bond acceptors (Lipinski definition) is 4. The first-order chi connectivity index (χ1) is 8.52. The first-order valence-electron chi connectivity index (χ1n) is 5.00. The zero-order valence-electron chi connectivity index (χ0n) is 9.67. The Morgan fingerprint density at radius 2 is 1.78 bits per heavy atom. The van der Waals surface area contributed by atoms with E-state index >= 15 is 0 Å². The molecule has 6 heteroatoms. The molecule has 0 atom stereocenters. The molecule has 3 N–H and O–H groups in total. The van der Waals surface area contributed by atoms with Gasteiger partial charge in [-0.05, 0) is 24.3 Å². The molecule has 0 heterocycles. The molecule has 1 aromatic rings. The van der Waals surface area contributed by atoms with Gasteiger partial charge in [0.2, 0.25) is 11.8 Å². The highest BCUT2D eigenvalue weighted by molar-refractivity contribution is 6.03. The molecule has 0 saturated carbocycles. The van der Waals surface area contributed by atoms with Crippen molar-refractivity contribution in [2.24, 2.45) is 5.73 Å². The number of ether oxygens (including phenoxy) is 1. The maximum atomic E-state index is 11.3. The lowest BCUT2D eigenvalue weighted by Gasteiger charge is -2.03. The third-order valence-electron chi connectivity index (χ3n) is 1.97. The molecule has 0 aliphatic heterocycles. The number of amides is 2. The molecule has 0 fully saturated rings. The van der Waals surface area contributed by atoms with E-state index in [-0.39, 0.29) is 0 Å². The Morgan fingerprint density at radius 3 is 2.28 bits per heavy atom. The van der Waals surface area contributed by atoms with Crippen LogP contribution in [0.5, 0.6) is 0 Å². The highest BCUT2D eigenvalue weighted by atomic mass is 16.5. The maximum absolute atomic E-state index is 11.3. The van der Waals surface area contributed by atoms with Gasteiger partial charge in [0.25, 0.3) is 0 Å². The smallest absolute Gasteiger partial charge is 0.337 e. The number of rotatable bonds is 4. The summed E-state index contributed by atoms with van der Waals surface area (Å²) in [5.41, 5.74) is 5.71. The first kappa shape index (κ1) is 13.4. The maximum Gasteiger partial charge on any atom is 0.337 e. The highest BCUT2D eigenvalue weighted by Crippen LogP contribution is 2.10. The number of nitrogens with one attached hydrogen (secondary N) is 1. The summed E-state index contributed by atoms with van der Waals surface area (Å²) in [6.45, 7) is 0. The van der Waals surface area contributed by atoms with Crippen molar-refractivity contribution >= 4 is 23.5 Å². The minimum absolute atomic E-state index is 0.378. The number of anilines is 1. The third kappa shape index (κ3) is 4.09. The van der Waals surface area contributed by atoms with Gasteiger partial charge in [0, 0.05) is 17.8 Å². The van der Waals surface area contributed by atoms with Gasteiger partial charge >= 0.3 is 5.97 Å². The van der Waals surface area contributed by atoms with Crippen LogP contribution in [0.15, 0.2) is 36.4 Å². The van der Waals surface area contributed by atoms with Crippen LogP contribution in [0.2, 0.25) is 0 Å². The van der Waals surface area contributed by atoms with E-state index in [2.05, 4.69) is 10.1 Å². The Bertz CT molecular complexity index is 491. The van der Waals surface area contributed by atoms with Gasteiger partial charge in [0.15, 0.2) is 0 Å². The van der Waals surface area contributed by atoms with Crippen LogP contribution < -0.4 is 11.1 Å². The average molecular weight is 248 g/mol. The molecule has 6 nitrogen and oxygen atoms in total. The average Bonchev–Trinajstić information content (AvgIpc) is 2.36. The summed E-state index contributed by atoms with van der Waals surface area (Å²) in [6, 6.07) is 6.11. The normalized spacial score (nSPS) is 10.1. The van der Waals surface area contributed by atoms with E-state index in [1.165, 1.54) is 19.2 Å². The summed E-state index contributed by atoms with van der Waals surface area (Å²) in [6.07, 6.45) is 1.98. The molecular formula is C12H12N2O4. The zero-order chi connectivity index (χ0) is 13.5. The predicted octanol–water partition coefficient (Wildman–Crippen LogP) is 0.453. The second kappa shape index (κ2) is 6.19. The number of esters is 1. The summed E-state index contributed by atoms with van der Waals surface area (Å²) >= 11 is 0. The van der Waals surface area contributed by atoms with Crippen LogP contribution in [0.25, 0.3) is 0 Å². The Kier molecular flexibility index (Phi) is 4.62. The van der Waals surface area contributed by atoms with Gasteiger partial charge in [-0.15, -0.1) is 0 Å². The Morgan fingerprint density at radius 1 is 1.17 bits per heavy atom. The van der Waals surface area contributed by atoms with Crippen LogP contribution in [-0.4, -0.2) is 24.9 Å². The molecule has 0 aliphatic rings. The van der Waals surface area contributed by atoms with E-state index < -0.39 is 17.8 Å². The number of carbonyl (C=O) groups excluding carboxylic acids is 3. The summed E-state index contributed by atoms with van der Waals surface area (Å²) in [7, 11) is 1.28. The predicted molar refractivity (Wildman–Crippen MR) is 64.7 cm³/mol. The SMILES string of the molecule is COC(=O)c1ccc(NC(=O)/C=C\C(N)=O)cc1. The fourth-order valence-electron chi connectivity index (χ4n) is 1.15. The van der Waals surface area contributed by atoms with E-state index in [0.717, 1.165) is 12.2 Å². The quantitative estimate of drug-likeness (QED) is 0.597. The summed E-state index contributed by atoms with van der Waals surface area (Å²) in [4.78, 5) is 32.9. The number of primary amides is 1. The number of carbonyl (C=O) groups is 3. The Labute approximate surface area is 103 Å². The fourth-order valence-corrected chi connectivity index (χ4v) is 1.15. The van der Waals surface area contributed by atoms with E-state index in [0.29, 0.717) is 11.3 Å². The molecule has 1 rings (SSSR count). The highest BCUT2D eigenvalue weighted by Gasteiger charge is 2.05. The van der Waals surface area contributed by atoms with Crippen LogP contribution in [0.3, 0.4) is 0 Å². The zero-order valence-corrected chi connectivity index (χ0v) is 9.67. The van der Waals surface area contributed by atoms with Crippen molar-refractivity contribution in [2.45, 2.75) is 0 Å². The number of methoxy groups -OCH3 is 1. The molecule has 18 heavy (non-hydrogen) atoms. The Hall–Kier alpha value is -2.63. The van der Waals surface area contributed by atoms with Crippen molar-refractivity contribution in [1.82, 2.24) is 0 Å². The van der Waals surface area contributed by atoms with Gasteiger partial charge in [-0.3, -0.25) is 9.59 Å². The number of benzene rings is 1. The van der Waals surface area contributed by atoms with Crippen molar-refractivity contribution in [3.8, 4) is 0 Å². The van der Waals surface area contributed by atoms with Gasteiger partial charge < -0.3 is 15.8 Å². The standard InChI is InChI=1S/C12H12N2O4/c1-18-12(17)8-2-4-9(5-3-8)14-11(16)7-6-10(13)15/h2-7H,1H3,(H2,13,15)(H,14,16)/b7-6-. The largest absolute Gasteiger partial charge is 0.465 e. The first-order valence-corrected chi connectivity index (χ1v) is 5.00. The molecule has 94 valence electrons. The molecule has 2 amide bonds. The Balaban J connectivity index is 2.66. The molecular weight excluding hydrogens is 236 g/mol. The van der Waals surface area contributed by atoms with Crippen molar-refractivity contribution in [2.75, 3.05) is 12.4 Å². The van der Waals surface area contributed by atoms with Gasteiger partial charge in [-0.1, -0.05) is 0 Å². The van der Waals surface area contributed by atoms with Gasteiger partial charge in [0.1, 0.15) is 0 Å². The summed E-state index contributed by atoms with van der Waals surface area (Å²) < 4.78 is 4.53. The molecule has 0 saturated heterocycles. The second-order valence-electron chi connectivity index (χ2n) is 3.29. The molecule has 0 aliphatic carbocycles. The van der Waals surface area contributed by atoms with Crippen LogP contribution in [0, 0.1) is 0 Å². The fraction of sp³-hybridized carbons (Fsp3) is 0.0833. The van der Waals surface area contributed by atoms with E-state index in [4.69, 9.17) is 5.73 Å². The molecule has 0 bridgehead atoms. The molecule has 0 unspecified atom stereocenters. The minimum atomic E-state index is -0.703. The van der Waals surface area contributed by atoms with Gasteiger partial charge in [0.05, 0.1) is 12.7 Å². The van der Waals surface area contributed by atoms with Crippen LogP contribution >= 0.6 is 0 Å². The lowest BCUT2D eigenvalue weighted by Crippen LogP contribution is -2.11. The molecule has 0 spiro atoms. The van der Waals surface area contributed by atoms with Gasteiger partial charge in [-0.25, -0.2) is 4.79 Å². The van der Waals surface area contributed by atoms with Gasteiger partial charge in [-0.2, -0.15) is 0 Å². The lowest BCUT2D eigenvalue weighted by molar-refractivity contribution is -0.115. The number of hydrogen-bond donors (Lipinski definition) is 2. The van der Waals surface area contributed by atoms with E-state index in [9.17, 15) is 14.4 Å². The van der Waals surface area contributed by atoms with Crippen molar-refractivity contribution in [3.05, 3.63) is 42.0 Å². The van der Waals surface area contributed by atoms with Crippen molar-refractivity contribution in [1.29, 1.82) is 0 Å². The third-order valence-corrected chi connectivity index (χ3v) is 1.97.